The summed E-state index contributed by atoms with van der Waals surface area (Å²) in [6.45, 7) is 4.38. The van der Waals surface area contributed by atoms with Crippen LogP contribution in [0, 0.1) is 0 Å². The Hall–Kier alpha value is -0.860. The molecule has 2 nitrogen and oxygen atoms in total. The molecule has 0 radical (unpaired) electrons. The molecule has 0 aliphatic heterocycles. The maximum absolute atomic E-state index is 9.14. The molecule has 0 fully saturated rings. The number of benzene rings is 1. The minimum absolute atomic E-state index is 0.107. The molecule has 0 aromatic heterocycles. The molecule has 0 saturated carbocycles. The molecule has 0 unspecified atom stereocenters. The van der Waals surface area contributed by atoms with Gasteiger partial charge in [0.2, 0.25) is 0 Å². The van der Waals surface area contributed by atoms with Crippen molar-refractivity contribution in [3.63, 3.8) is 0 Å². The highest BCUT2D eigenvalue weighted by atomic mass is 16.5. The van der Waals surface area contributed by atoms with Crippen molar-refractivity contribution in [2.24, 2.45) is 0 Å². The van der Waals surface area contributed by atoms with Crippen molar-refractivity contribution in [1.82, 2.24) is 0 Å². The average molecular weight is 194 g/mol. The van der Waals surface area contributed by atoms with E-state index in [1.165, 1.54) is 5.56 Å². The van der Waals surface area contributed by atoms with Crippen LogP contribution in [0.2, 0.25) is 0 Å². The molecule has 0 amide bonds. The third-order valence-electron chi connectivity index (χ3n) is 2.05. The second-order valence-electron chi connectivity index (χ2n) is 3.69. The van der Waals surface area contributed by atoms with Crippen molar-refractivity contribution < 1.29 is 9.84 Å². The molecule has 1 aromatic rings. The molecule has 1 aromatic carbocycles. The molecule has 0 saturated heterocycles. The van der Waals surface area contributed by atoms with Crippen molar-refractivity contribution in [2.45, 2.75) is 39.1 Å². The lowest BCUT2D eigenvalue weighted by Gasteiger charge is -2.14. The van der Waals surface area contributed by atoms with E-state index in [1.54, 1.807) is 6.92 Å². The average Bonchev–Trinajstić information content (AvgIpc) is 2.15. The van der Waals surface area contributed by atoms with E-state index < -0.39 is 0 Å². The van der Waals surface area contributed by atoms with E-state index in [0.717, 1.165) is 0 Å². The maximum Gasteiger partial charge on any atom is 0.0720 e. The summed E-state index contributed by atoms with van der Waals surface area (Å²) >= 11 is 0. The predicted molar refractivity (Wildman–Crippen MR) is 57.0 cm³/mol. The summed E-state index contributed by atoms with van der Waals surface area (Å²) in [7, 11) is 0. The van der Waals surface area contributed by atoms with E-state index in [9.17, 15) is 0 Å². The van der Waals surface area contributed by atoms with Crippen molar-refractivity contribution in [2.75, 3.05) is 0 Å². The van der Waals surface area contributed by atoms with E-state index in [1.807, 2.05) is 37.3 Å². The fraction of sp³-hybridized carbons (Fsp3) is 0.500. The molecule has 0 aliphatic rings. The van der Waals surface area contributed by atoms with Gasteiger partial charge in [0.25, 0.3) is 0 Å². The molecule has 0 bridgehead atoms. The first-order chi connectivity index (χ1) is 6.68. The number of hydrogen-bond donors (Lipinski definition) is 1. The van der Waals surface area contributed by atoms with Gasteiger partial charge in [-0.2, -0.15) is 0 Å². The van der Waals surface area contributed by atoms with Crippen LogP contribution < -0.4 is 0 Å². The molecule has 0 heterocycles. The Morgan fingerprint density at radius 3 is 2.43 bits per heavy atom. The van der Waals surface area contributed by atoms with Gasteiger partial charge in [0, 0.05) is 0 Å². The molecule has 78 valence electrons. The summed E-state index contributed by atoms with van der Waals surface area (Å²) in [5.74, 6) is 0. The molecule has 14 heavy (non-hydrogen) atoms. The third-order valence-corrected chi connectivity index (χ3v) is 2.05. The Kier molecular flexibility index (Phi) is 4.63. The third kappa shape index (κ3) is 4.40. The number of ether oxygens (including phenoxy) is 1. The lowest BCUT2D eigenvalue weighted by Crippen LogP contribution is -2.15. The summed E-state index contributed by atoms with van der Waals surface area (Å²) in [4.78, 5) is 0. The summed E-state index contributed by atoms with van der Waals surface area (Å²) in [5, 5.41) is 9.14. The summed E-state index contributed by atoms with van der Waals surface area (Å²) in [6, 6.07) is 10.1. The first-order valence-electron chi connectivity index (χ1n) is 5.02. The van der Waals surface area contributed by atoms with Crippen LogP contribution in [0.1, 0.15) is 25.8 Å². The standard InChI is InChI=1S/C12H18O2/c1-10(13)8-11(2)14-9-12-6-4-3-5-7-12/h3-7,10-11,13H,8-9H2,1-2H3/t10-,11+/m0/s1. The van der Waals surface area contributed by atoms with Crippen LogP contribution in [0.25, 0.3) is 0 Å². The Balaban J connectivity index is 2.27. The SMILES string of the molecule is C[C@H](O)C[C@@H](C)OCc1ccccc1. The number of rotatable bonds is 5. The zero-order valence-electron chi connectivity index (χ0n) is 8.81. The van der Waals surface area contributed by atoms with Gasteiger partial charge in [0.05, 0.1) is 18.8 Å². The largest absolute Gasteiger partial charge is 0.393 e. The normalized spacial score (nSPS) is 15.1. The van der Waals surface area contributed by atoms with Crippen molar-refractivity contribution in [3.8, 4) is 0 Å². The zero-order valence-corrected chi connectivity index (χ0v) is 8.81. The van der Waals surface area contributed by atoms with Gasteiger partial charge in [-0.15, -0.1) is 0 Å². The van der Waals surface area contributed by atoms with Gasteiger partial charge < -0.3 is 9.84 Å². The van der Waals surface area contributed by atoms with Crippen LogP contribution in [0.4, 0.5) is 0 Å². The summed E-state index contributed by atoms with van der Waals surface area (Å²) in [6.07, 6.45) is 0.503. The fourth-order valence-electron chi connectivity index (χ4n) is 1.36. The quantitative estimate of drug-likeness (QED) is 0.779. The number of hydrogen-bond acceptors (Lipinski definition) is 2. The number of aliphatic hydroxyl groups excluding tert-OH is 1. The fourth-order valence-corrected chi connectivity index (χ4v) is 1.36. The number of aliphatic hydroxyl groups is 1. The summed E-state index contributed by atoms with van der Waals surface area (Å²) in [5.41, 5.74) is 1.17. The topological polar surface area (TPSA) is 29.5 Å². The van der Waals surface area contributed by atoms with E-state index >= 15 is 0 Å². The van der Waals surface area contributed by atoms with Crippen LogP contribution in [0.5, 0.6) is 0 Å². The summed E-state index contributed by atoms with van der Waals surface area (Å²) < 4.78 is 5.58. The van der Waals surface area contributed by atoms with Crippen LogP contribution >= 0.6 is 0 Å². The van der Waals surface area contributed by atoms with Crippen LogP contribution in [-0.2, 0) is 11.3 Å². The molecule has 0 spiro atoms. The van der Waals surface area contributed by atoms with Crippen molar-refractivity contribution in [3.05, 3.63) is 35.9 Å². The van der Waals surface area contributed by atoms with Crippen LogP contribution in [0.15, 0.2) is 30.3 Å². The van der Waals surface area contributed by atoms with E-state index in [2.05, 4.69) is 0 Å². The highest BCUT2D eigenvalue weighted by Crippen LogP contribution is 2.07. The lowest BCUT2D eigenvalue weighted by molar-refractivity contribution is 0.0191. The molecule has 1 rings (SSSR count). The zero-order chi connectivity index (χ0) is 10.4. The van der Waals surface area contributed by atoms with Gasteiger partial charge in [0.1, 0.15) is 0 Å². The second kappa shape index (κ2) is 5.78. The monoisotopic (exact) mass is 194 g/mol. The second-order valence-corrected chi connectivity index (χ2v) is 3.69. The minimum Gasteiger partial charge on any atom is -0.393 e. The van der Waals surface area contributed by atoms with E-state index in [0.29, 0.717) is 13.0 Å². The highest BCUT2D eigenvalue weighted by molar-refractivity contribution is 5.13. The van der Waals surface area contributed by atoms with Crippen LogP contribution in [-0.4, -0.2) is 17.3 Å². The van der Waals surface area contributed by atoms with Gasteiger partial charge in [-0.3, -0.25) is 0 Å². The van der Waals surface area contributed by atoms with E-state index in [-0.39, 0.29) is 12.2 Å². The molecule has 0 aliphatic carbocycles. The molecule has 1 N–H and O–H groups in total. The Bertz CT molecular complexity index is 244. The molecular formula is C12H18O2. The Morgan fingerprint density at radius 1 is 1.21 bits per heavy atom. The van der Waals surface area contributed by atoms with Crippen molar-refractivity contribution in [1.29, 1.82) is 0 Å². The van der Waals surface area contributed by atoms with E-state index in [4.69, 9.17) is 9.84 Å². The molecular weight excluding hydrogens is 176 g/mol. The minimum atomic E-state index is -0.291. The molecule has 2 atom stereocenters. The van der Waals surface area contributed by atoms with Gasteiger partial charge in [-0.1, -0.05) is 30.3 Å². The predicted octanol–water partition coefficient (Wildman–Crippen LogP) is 2.36. The van der Waals surface area contributed by atoms with Gasteiger partial charge >= 0.3 is 0 Å². The van der Waals surface area contributed by atoms with Gasteiger partial charge in [-0.05, 0) is 25.8 Å². The lowest BCUT2D eigenvalue weighted by atomic mass is 10.2. The van der Waals surface area contributed by atoms with Crippen molar-refractivity contribution >= 4 is 0 Å². The van der Waals surface area contributed by atoms with Gasteiger partial charge in [0.15, 0.2) is 0 Å². The molecule has 2 heteroatoms. The first-order valence-corrected chi connectivity index (χ1v) is 5.02. The highest BCUT2D eigenvalue weighted by Gasteiger charge is 2.05. The van der Waals surface area contributed by atoms with Crippen LogP contribution in [0.3, 0.4) is 0 Å². The smallest absolute Gasteiger partial charge is 0.0720 e. The maximum atomic E-state index is 9.14. The van der Waals surface area contributed by atoms with Gasteiger partial charge in [-0.25, -0.2) is 0 Å². The Morgan fingerprint density at radius 2 is 1.86 bits per heavy atom. The first kappa shape index (κ1) is 11.2. The Labute approximate surface area is 85.5 Å².